The first-order valence-electron chi connectivity index (χ1n) is 11.4. The van der Waals surface area contributed by atoms with Crippen LogP contribution in [0, 0.1) is 0 Å². The lowest BCUT2D eigenvalue weighted by Crippen LogP contribution is -2.30. The number of carbonyl (C=O) groups is 2. The minimum absolute atomic E-state index is 0.000440. The molecule has 0 aromatic rings. The van der Waals surface area contributed by atoms with E-state index in [4.69, 9.17) is 14.2 Å². The average molecular weight is 527 g/mol. The van der Waals surface area contributed by atoms with Crippen LogP contribution in [0.5, 0.6) is 0 Å². The van der Waals surface area contributed by atoms with Crippen molar-refractivity contribution >= 4 is 46.0 Å². The van der Waals surface area contributed by atoms with Gasteiger partial charge in [0.15, 0.2) is 0 Å². The second-order valence-corrected chi connectivity index (χ2v) is 9.20. The third kappa shape index (κ3) is 36.1. The van der Waals surface area contributed by atoms with Crippen LogP contribution in [0.25, 0.3) is 0 Å². The van der Waals surface area contributed by atoms with Gasteiger partial charge < -0.3 is 24.8 Å². The summed E-state index contributed by atoms with van der Waals surface area (Å²) in [5, 5.41) is 5.68. The van der Waals surface area contributed by atoms with E-state index in [1.165, 1.54) is 0 Å². The van der Waals surface area contributed by atoms with E-state index in [1.807, 2.05) is 27.7 Å². The number of amides is 2. The fourth-order valence-corrected chi connectivity index (χ4v) is 3.76. The maximum atomic E-state index is 11.7. The number of ether oxygens (including phenoxy) is 3. The molecule has 33 heavy (non-hydrogen) atoms. The minimum Gasteiger partial charge on any atom is -0.379 e. The van der Waals surface area contributed by atoms with Gasteiger partial charge in [0.25, 0.3) is 0 Å². The van der Waals surface area contributed by atoms with Gasteiger partial charge in [-0.05, 0) is 13.8 Å². The van der Waals surface area contributed by atoms with Gasteiger partial charge >= 0.3 is 0 Å². The van der Waals surface area contributed by atoms with Crippen molar-refractivity contribution in [2.75, 3.05) is 63.4 Å². The van der Waals surface area contributed by atoms with E-state index in [0.29, 0.717) is 64.8 Å². The van der Waals surface area contributed by atoms with Gasteiger partial charge in [-0.3, -0.25) is 9.59 Å². The van der Waals surface area contributed by atoms with Crippen LogP contribution in [0.15, 0.2) is 25.3 Å². The zero-order valence-electron chi connectivity index (χ0n) is 20.9. The Bertz CT molecular complexity index is 458. The lowest BCUT2D eigenvalue weighted by molar-refractivity contribution is -0.122. The SMILES string of the molecule is C=CC.C=CC(C)NC(=O)CCSSCCNC(=O)CCOCCOCCOCCS.CC. The molecule has 0 aromatic heterocycles. The molecule has 0 spiro atoms. The number of hydrogen-bond donors (Lipinski definition) is 3. The summed E-state index contributed by atoms with van der Waals surface area (Å²) in [6.07, 6.45) is 4.26. The Balaban J connectivity index is -0.00000165. The number of rotatable bonds is 20. The van der Waals surface area contributed by atoms with Crippen LogP contribution in [-0.2, 0) is 23.8 Å². The fraction of sp³-hybridized carbons (Fsp3) is 0.739. The first-order valence-corrected chi connectivity index (χ1v) is 14.5. The molecular weight excluding hydrogens is 480 g/mol. The Labute approximate surface area is 215 Å². The second-order valence-electron chi connectivity index (χ2n) is 6.05. The van der Waals surface area contributed by atoms with Gasteiger partial charge in [0.2, 0.25) is 11.8 Å². The molecule has 7 nitrogen and oxygen atoms in total. The molecule has 10 heteroatoms. The summed E-state index contributed by atoms with van der Waals surface area (Å²) >= 11 is 4.04. The van der Waals surface area contributed by atoms with Crippen LogP contribution in [0.1, 0.15) is 40.5 Å². The van der Waals surface area contributed by atoms with Crippen molar-refractivity contribution < 1.29 is 23.8 Å². The molecule has 2 amide bonds. The number of nitrogens with one attached hydrogen (secondary N) is 2. The maximum absolute atomic E-state index is 11.7. The molecule has 2 N–H and O–H groups in total. The van der Waals surface area contributed by atoms with Crippen LogP contribution in [0.2, 0.25) is 0 Å². The zero-order valence-corrected chi connectivity index (χ0v) is 23.5. The number of carbonyl (C=O) groups excluding carboxylic acids is 2. The highest BCUT2D eigenvalue weighted by atomic mass is 33.1. The molecule has 0 saturated carbocycles. The lowest BCUT2D eigenvalue weighted by Gasteiger charge is -2.09. The topological polar surface area (TPSA) is 85.9 Å². The Morgan fingerprint density at radius 1 is 0.909 bits per heavy atom. The monoisotopic (exact) mass is 526 g/mol. The molecule has 0 radical (unpaired) electrons. The van der Waals surface area contributed by atoms with Crippen molar-refractivity contribution in [3.8, 4) is 0 Å². The van der Waals surface area contributed by atoms with Gasteiger partial charge in [-0.1, -0.05) is 47.6 Å². The normalized spacial score (nSPS) is 10.6. The molecular formula is C23H46N2O5S3. The van der Waals surface area contributed by atoms with Crippen molar-refractivity contribution in [2.24, 2.45) is 0 Å². The van der Waals surface area contributed by atoms with Crippen LogP contribution >= 0.6 is 34.2 Å². The van der Waals surface area contributed by atoms with E-state index in [0.717, 1.165) is 11.5 Å². The van der Waals surface area contributed by atoms with Gasteiger partial charge in [0.1, 0.15) is 0 Å². The van der Waals surface area contributed by atoms with Crippen molar-refractivity contribution in [1.82, 2.24) is 10.6 Å². The maximum Gasteiger partial charge on any atom is 0.222 e. The first-order chi connectivity index (χ1) is 16.0. The Morgan fingerprint density at radius 2 is 1.42 bits per heavy atom. The second kappa shape index (κ2) is 33.5. The van der Waals surface area contributed by atoms with Gasteiger partial charge in [0.05, 0.1) is 39.6 Å². The first kappa shape index (κ1) is 36.9. The number of thiol groups is 1. The zero-order chi connectivity index (χ0) is 25.6. The molecule has 0 rings (SSSR count). The summed E-state index contributed by atoms with van der Waals surface area (Å²) in [5.41, 5.74) is 0. The molecule has 0 heterocycles. The standard InChI is InChI=1S/C18H34N2O5S3.C3H6.C2H6/c1-3-16(2)20-18(22)5-14-27-28-15-6-19-17(21)4-7-23-8-9-24-10-11-25-12-13-26;1-3-2;1-2/h3,16,26H,1,4-15H2,2H3,(H,19,21)(H,20,22);3H,1H2,2H3;1-2H3. The smallest absolute Gasteiger partial charge is 0.222 e. The molecule has 196 valence electrons. The van der Waals surface area contributed by atoms with E-state index in [2.05, 4.69) is 36.4 Å². The molecule has 0 fully saturated rings. The largest absolute Gasteiger partial charge is 0.379 e. The van der Waals surface area contributed by atoms with E-state index >= 15 is 0 Å². The van der Waals surface area contributed by atoms with Gasteiger partial charge in [-0.15, -0.1) is 13.2 Å². The summed E-state index contributed by atoms with van der Waals surface area (Å²) in [6.45, 7) is 18.4. The molecule has 1 unspecified atom stereocenters. The summed E-state index contributed by atoms with van der Waals surface area (Å²) in [6, 6.07) is -0.000440. The molecule has 0 aliphatic heterocycles. The van der Waals surface area contributed by atoms with Gasteiger partial charge in [-0.2, -0.15) is 12.6 Å². The van der Waals surface area contributed by atoms with E-state index in [-0.39, 0.29) is 17.9 Å². The molecule has 0 saturated heterocycles. The summed E-state index contributed by atoms with van der Waals surface area (Å²) < 4.78 is 15.9. The minimum atomic E-state index is -0.0236. The highest BCUT2D eigenvalue weighted by Gasteiger charge is 2.04. The van der Waals surface area contributed by atoms with Crippen molar-refractivity contribution in [1.29, 1.82) is 0 Å². The van der Waals surface area contributed by atoms with Crippen LogP contribution in [0.3, 0.4) is 0 Å². The Hall–Kier alpha value is -0.650. The average Bonchev–Trinajstić information content (AvgIpc) is 2.81. The molecule has 0 aliphatic rings. The number of hydrogen-bond acceptors (Lipinski definition) is 8. The molecule has 1 atom stereocenters. The summed E-state index contributed by atoms with van der Waals surface area (Å²) in [4.78, 5) is 23.2. The van der Waals surface area contributed by atoms with Crippen molar-refractivity contribution in [3.05, 3.63) is 25.3 Å². The van der Waals surface area contributed by atoms with Crippen molar-refractivity contribution in [2.45, 2.75) is 46.6 Å². The third-order valence-corrected chi connectivity index (χ3v) is 5.79. The van der Waals surface area contributed by atoms with Gasteiger partial charge in [0, 0.05) is 42.7 Å². The van der Waals surface area contributed by atoms with Crippen molar-refractivity contribution in [3.63, 3.8) is 0 Å². The summed E-state index contributed by atoms with van der Waals surface area (Å²) in [5.74, 6) is 2.25. The molecule has 0 bridgehead atoms. The molecule has 0 aromatic carbocycles. The Kier molecular flexibility index (Phi) is 37.5. The van der Waals surface area contributed by atoms with Gasteiger partial charge in [-0.25, -0.2) is 0 Å². The van der Waals surface area contributed by atoms with Crippen LogP contribution in [0.4, 0.5) is 0 Å². The Morgan fingerprint density at radius 3 is 1.97 bits per heavy atom. The lowest BCUT2D eigenvalue weighted by atomic mass is 10.3. The highest BCUT2D eigenvalue weighted by Crippen LogP contribution is 2.20. The van der Waals surface area contributed by atoms with E-state index in [9.17, 15) is 9.59 Å². The number of allylic oxidation sites excluding steroid dienone is 1. The van der Waals surface area contributed by atoms with E-state index < -0.39 is 0 Å². The quantitative estimate of drug-likeness (QED) is 0.0951. The predicted molar refractivity (Wildman–Crippen MR) is 148 cm³/mol. The summed E-state index contributed by atoms with van der Waals surface area (Å²) in [7, 11) is 3.28. The van der Waals surface area contributed by atoms with Crippen LogP contribution < -0.4 is 10.6 Å². The fourth-order valence-electron chi connectivity index (χ4n) is 1.73. The predicted octanol–water partition coefficient (Wildman–Crippen LogP) is 4.15. The molecule has 0 aliphatic carbocycles. The third-order valence-electron chi connectivity index (χ3n) is 3.20. The highest BCUT2D eigenvalue weighted by molar-refractivity contribution is 8.76. The van der Waals surface area contributed by atoms with E-state index in [1.54, 1.807) is 33.7 Å². The van der Waals surface area contributed by atoms with Crippen LogP contribution in [-0.4, -0.2) is 81.3 Å².